The number of rotatable bonds is 2. The Morgan fingerprint density at radius 3 is 2.61 bits per heavy atom. The van der Waals surface area contributed by atoms with Crippen LogP contribution < -0.4 is 0 Å². The standard InChI is InChI=1S/C12H14FNO3S/c1-9-8-14(7-6-11(9)15)18(16,17)12-5-3-2-4-10(12)13/h2-5,9H,6-8H2,1H3. The van der Waals surface area contributed by atoms with Gasteiger partial charge in [0.2, 0.25) is 10.0 Å². The van der Waals surface area contributed by atoms with Crippen molar-refractivity contribution >= 4 is 15.8 Å². The Morgan fingerprint density at radius 2 is 2.00 bits per heavy atom. The number of nitrogens with zero attached hydrogens (tertiary/aromatic N) is 1. The van der Waals surface area contributed by atoms with E-state index in [1.54, 1.807) is 6.92 Å². The summed E-state index contributed by atoms with van der Waals surface area (Å²) in [5.41, 5.74) is 0. The van der Waals surface area contributed by atoms with Crippen LogP contribution in [0, 0.1) is 11.7 Å². The molecule has 1 fully saturated rings. The molecule has 1 unspecified atom stereocenters. The molecule has 4 nitrogen and oxygen atoms in total. The Hall–Kier alpha value is -1.27. The summed E-state index contributed by atoms with van der Waals surface area (Å²) in [4.78, 5) is 11.0. The summed E-state index contributed by atoms with van der Waals surface area (Å²) in [5, 5.41) is 0. The molecule has 1 aromatic carbocycles. The van der Waals surface area contributed by atoms with Gasteiger partial charge in [-0.1, -0.05) is 19.1 Å². The summed E-state index contributed by atoms with van der Waals surface area (Å²) in [6.07, 6.45) is 0.189. The van der Waals surface area contributed by atoms with Gasteiger partial charge in [0.25, 0.3) is 0 Å². The molecule has 2 rings (SSSR count). The summed E-state index contributed by atoms with van der Waals surface area (Å²) < 4.78 is 39.2. The monoisotopic (exact) mass is 271 g/mol. The minimum atomic E-state index is -3.84. The maximum absolute atomic E-state index is 13.5. The van der Waals surface area contributed by atoms with Gasteiger partial charge in [-0.25, -0.2) is 12.8 Å². The lowest BCUT2D eigenvalue weighted by molar-refractivity contribution is -0.124. The first-order valence-corrected chi connectivity index (χ1v) is 7.14. The number of ketones is 1. The van der Waals surface area contributed by atoms with Crippen LogP contribution in [0.15, 0.2) is 29.2 Å². The first-order chi connectivity index (χ1) is 8.43. The molecular formula is C12H14FNO3S. The first-order valence-electron chi connectivity index (χ1n) is 5.70. The van der Waals surface area contributed by atoms with Gasteiger partial charge in [0, 0.05) is 25.4 Å². The van der Waals surface area contributed by atoms with Gasteiger partial charge in [-0.15, -0.1) is 0 Å². The average molecular weight is 271 g/mol. The lowest BCUT2D eigenvalue weighted by Gasteiger charge is -2.29. The largest absolute Gasteiger partial charge is 0.299 e. The summed E-state index contributed by atoms with van der Waals surface area (Å²) in [5.74, 6) is -1.04. The van der Waals surface area contributed by atoms with Crippen molar-refractivity contribution in [2.45, 2.75) is 18.2 Å². The quantitative estimate of drug-likeness (QED) is 0.817. The van der Waals surface area contributed by atoms with Crippen LogP contribution in [0.4, 0.5) is 4.39 Å². The van der Waals surface area contributed by atoms with E-state index >= 15 is 0 Å². The van der Waals surface area contributed by atoms with Crippen LogP contribution in [-0.2, 0) is 14.8 Å². The molecule has 0 radical (unpaired) electrons. The summed E-state index contributed by atoms with van der Waals surface area (Å²) in [6, 6.07) is 5.28. The van der Waals surface area contributed by atoms with E-state index in [2.05, 4.69) is 0 Å². The predicted molar refractivity (Wildman–Crippen MR) is 63.9 cm³/mol. The van der Waals surface area contributed by atoms with Crippen LogP contribution in [0.5, 0.6) is 0 Å². The second-order valence-corrected chi connectivity index (χ2v) is 6.32. The van der Waals surface area contributed by atoms with E-state index in [9.17, 15) is 17.6 Å². The Bertz CT molecular complexity index is 570. The van der Waals surface area contributed by atoms with Gasteiger partial charge in [-0.05, 0) is 12.1 Å². The lowest BCUT2D eigenvalue weighted by Crippen LogP contribution is -2.43. The van der Waals surface area contributed by atoms with Crippen molar-refractivity contribution in [1.82, 2.24) is 4.31 Å². The van der Waals surface area contributed by atoms with Gasteiger partial charge in [0.05, 0.1) is 0 Å². The topological polar surface area (TPSA) is 54.5 Å². The molecule has 1 saturated heterocycles. The highest BCUT2D eigenvalue weighted by Gasteiger charge is 2.33. The molecule has 0 aromatic heterocycles. The van der Waals surface area contributed by atoms with Gasteiger partial charge in [-0.2, -0.15) is 4.31 Å². The van der Waals surface area contributed by atoms with E-state index in [1.807, 2.05) is 0 Å². The Kier molecular flexibility index (Phi) is 3.49. The fourth-order valence-corrected chi connectivity index (χ4v) is 3.59. The third-order valence-corrected chi connectivity index (χ3v) is 4.99. The van der Waals surface area contributed by atoms with Crippen LogP contribution in [0.3, 0.4) is 0 Å². The Morgan fingerprint density at radius 1 is 1.33 bits per heavy atom. The van der Waals surface area contributed by atoms with Crippen molar-refractivity contribution in [3.8, 4) is 0 Å². The number of Topliss-reactive ketones (excluding diaryl/α,β-unsaturated/α-hetero) is 1. The van der Waals surface area contributed by atoms with Gasteiger partial charge in [0.15, 0.2) is 0 Å². The van der Waals surface area contributed by atoms with Crippen LogP contribution in [-0.4, -0.2) is 31.6 Å². The van der Waals surface area contributed by atoms with Gasteiger partial charge >= 0.3 is 0 Å². The third kappa shape index (κ3) is 2.30. The fraction of sp³-hybridized carbons (Fsp3) is 0.417. The van der Waals surface area contributed by atoms with Gasteiger partial charge in [0.1, 0.15) is 16.5 Å². The van der Waals surface area contributed by atoms with Crippen LogP contribution in [0.2, 0.25) is 0 Å². The van der Waals surface area contributed by atoms with E-state index in [4.69, 9.17) is 0 Å². The van der Waals surface area contributed by atoms with Crippen molar-refractivity contribution in [3.05, 3.63) is 30.1 Å². The maximum atomic E-state index is 13.5. The zero-order valence-electron chi connectivity index (χ0n) is 9.97. The second-order valence-electron chi connectivity index (χ2n) is 4.41. The number of hydrogen-bond donors (Lipinski definition) is 0. The van der Waals surface area contributed by atoms with Crippen LogP contribution >= 0.6 is 0 Å². The van der Waals surface area contributed by atoms with Crippen molar-refractivity contribution in [3.63, 3.8) is 0 Å². The molecule has 1 aromatic rings. The number of hydrogen-bond acceptors (Lipinski definition) is 3. The van der Waals surface area contributed by atoms with E-state index in [0.29, 0.717) is 0 Å². The molecule has 0 amide bonds. The zero-order valence-corrected chi connectivity index (χ0v) is 10.8. The second kappa shape index (κ2) is 4.78. The maximum Gasteiger partial charge on any atom is 0.246 e. The molecule has 0 bridgehead atoms. The molecule has 1 atom stereocenters. The Balaban J connectivity index is 2.33. The summed E-state index contributed by atoms with van der Waals surface area (Å²) >= 11 is 0. The summed E-state index contributed by atoms with van der Waals surface area (Å²) in [7, 11) is -3.84. The number of carbonyl (C=O) groups excluding carboxylic acids is 1. The number of carbonyl (C=O) groups is 1. The molecule has 1 aliphatic heterocycles. The van der Waals surface area contributed by atoms with E-state index in [1.165, 1.54) is 22.5 Å². The fourth-order valence-electron chi connectivity index (χ4n) is 1.99. The molecule has 0 spiro atoms. The van der Waals surface area contributed by atoms with E-state index < -0.39 is 15.8 Å². The number of sulfonamides is 1. The van der Waals surface area contributed by atoms with E-state index in [-0.39, 0.29) is 36.1 Å². The minimum absolute atomic E-state index is 0.0509. The lowest BCUT2D eigenvalue weighted by atomic mass is 10.0. The number of piperidine rings is 1. The smallest absolute Gasteiger partial charge is 0.246 e. The van der Waals surface area contributed by atoms with E-state index in [0.717, 1.165) is 6.07 Å². The van der Waals surface area contributed by atoms with Crippen LogP contribution in [0.1, 0.15) is 13.3 Å². The first kappa shape index (κ1) is 13.2. The molecular weight excluding hydrogens is 257 g/mol. The highest BCUT2D eigenvalue weighted by molar-refractivity contribution is 7.89. The molecule has 6 heteroatoms. The Labute approximate surface area is 105 Å². The predicted octanol–water partition coefficient (Wildman–Crippen LogP) is 1.43. The third-order valence-electron chi connectivity index (χ3n) is 3.09. The molecule has 1 aliphatic rings. The summed E-state index contributed by atoms with van der Waals surface area (Å²) in [6.45, 7) is 1.93. The van der Waals surface area contributed by atoms with Gasteiger partial charge < -0.3 is 0 Å². The highest BCUT2D eigenvalue weighted by Crippen LogP contribution is 2.23. The van der Waals surface area contributed by atoms with Crippen molar-refractivity contribution in [1.29, 1.82) is 0 Å². The molecule has 0 N–H and O–H groups in total. The number of benzene rings is 1. The molecule has 1 heterocycles. The average Bonchev–Trinajstić information content (AvgIpc) is 2.33. The SMILES string of the molecule is CC1CN(S(=O)(=O)c2ccccc2F)CCC1=O. The minimum Gasteiger partial charge on any atom is -0.299 e. The number of halogens is 1. The molecule has 0 aliphatic carbocycles. The van der Waals surface area contributed by atoms with Crippen molar-refractivity contribution in [2.75, 3.05) is 13.1 Å². The van der Waals surface area contributed by atoms with Crippen molar-refractivity contribution in [2.24, 2.45) is 5.92 Å². The highest BCUT2D eigenvalue weighted by atomic mass is 32.2. The van der Waals surface area contributed by atoms with Crippen molar-refractivity contribution < 1.29 is 17.6 Å². The molecule has 98 valence electrons. The zero-order chi connectivity index (χ0) is 13.3. The van der Waals surface area contributed by atoms with Gasteiger partial charge in [-0.3, -0.25) is 4.79 Å². The molecule has 0 saturated carbocycles. The normalized spacial score (nSPS) is 22.1. The van der Waals surface area contributed by atoms with Crippen LogP contribution in [0.25, 0.3) is 0 Å². The molecule has 18 heavy (non-hydrogen) atoms.